The van der Waals surface area contributed by atoms with Crippen molar-refractivity contribution in [2.75, 3.05) is 10.7 Å². The minimum Gasteiger partial charge on any atom is -0.464 e. The van der Waals surface area contributed by atoms with Crippen LogP contribution < -0.4 is 16.4 Å². The number of hydrogen-bond donors (Lipinski definition) is 3. The molecule has 4 rings (SSSR count). The van der Waals surface area contributed by atoms with E-state index in [-0.39, 0.29) is 5.62 Å². The standard InChI is InChI=1S/C17H14N6OS/c18-10-12-3-1-4-13(9-12)11-25-17(14-5-2-8-24-14)21-15-6-7-20-16(19)23(15)22-17/h1-9,19,21-22H,11H2. The largest absolute Gasteiger partial charge is 0.464 e. The molecule has 0 amide bonds. The summed E-state index contributed by atoms with van der Waals surface area (Å²) in [6, 6.07) is 15.2. The first-order valence-corrected chi connectivity index (χ1v) is 8.55. The molecule has 1 atom stereocenters. The van der Waals surface area contributed by atoms with Crippen molar-refractivity contribution in [1.29, 1.82) is 10.7 Å². The lowest BCUT2D eigenvalue weighted by Gasteiger charge is -2.27. The minimum atomic E-state index is -0.766. The van der Waals surface area contributed by atoms with E-state index in [0.29, 0.717) is 17.1 Å². The molecule has 3 aromatic rings. The second-order valence-corrected chi connectivity index (χ2v) is 6.67. The number of thioether (sulfide) groups is 1. The number of fused-ring (bicyclic) bond motifs is 1. The van der Waals surface area contributed by atoms with E-state index in [1.54, 1.807) is 41.0 Å². The summed E-state index contributed by atoms with van der Waals surface area (Å²) in [7, 11) is 0. The van der Waals surface area contributed by atoms with Crippen LogP contribution >= 0.6 is 11.8 Å². The molecule has 0 spiro atoms. The van der Waals surface area contributed by atoms with Gasteiger partial charge in [-0.05, 0) is 35.9 Å². The van der Waals surface area contributed by atoms with Crippen molar-refractivity contribution in [3.8, 4) is 6.07 Å². The van der Waals surface area contributed by atoms with Gasteiger partial charge in [-0.25, -0.2) is 9.66 Å². The summed E-state index contributed by atoms with van der Waals surface area (Å²) in [6.45, 7) is 0. The zero-order valence-corrected chi connectivity index (χ0v) is 13.9. The molecule has 0 aliphatic carbocycles. The Bertz CT molecular complexity index is 1010. The van der Waals surface area contributed by atoms with Gasteiger partial charge in [-0.15, -0.1) is 0 Å². The molecule has 2 aromatic heterocycles. The molecule has 3 heterocycles. The maximum Gasteiger partial charge on any atom is 0.242 e. The third-order valence-electron chi connectivity index (χ3n) is 3.83. The minimum absolute atomic E-state index is 0.102. The Morgan fingerprint density at radius 3 is 3.00 bits per heavy atom. The maximum absolute atomic E-state index is 9.06. The molecule has 1 aliphatic heterocycles. The lowest BCUT2D eigenvalue weighted by atomic mass is 10.2. The SMILES string of the molecule is N#Cc1cccc(CSC2(c3ccco3)Nc3ccnc(=N)n3N2)c1. The number of rotatable bonds is 4. The molecule has 0 saturated carbocycles. The number of nitrogens with one attached hydrogen (secondary N) is 3. The predicted molar refractivity (Wildman–Crippen MR) is 93.9 cm³/mol. The summed E-state index contributed by atoms with van der Waals surface area (Å²) in [5.41, 5.74) is 5.04. The van der Waals surface area contributed by atoms with Gasteiger partial charge in [0, 0.05) is 11.9 Å². The highest BCUT2D eigenvalue weighted by atomic mass is 32.2. The fraction of sp³-hybridized carbons (Fsp3) is 0.118. The van der Waals surface area contributed by atoms with E-state index in [1.165, 1.54) is 0 Å². The van der Waals surface area contributed by atoms with Crippen LogP contribution in [0, 0.1) is 16.7 Å². The van der Waals surface area contributed by atoms with Crippen molar-refractivity contribution in [3.05, 3.63) is 77.4 Å². The number of anilines is 1. The first-order chi connectivity index (χ1) is 12.2. The summed E-state index contributed by atoms with van der Waals surface area (Å²) >= 11 is 1.57. The first kappa shape index (κ1) is 15.4. The number of aromatic nitrogens is 2. The highest BCUT2D eigenvalue weighted by molar-refractivity contribution is 7.99. The van der Waals surface area contributed by atoms with Crippen LogP contribution in [-0.2, 0) is 10.7 Å². The average molecular weight is 350 g/mol. The smallest absolute Gasteiger partial charge is 0.242 e. The van der Waals surface area contributed by atoms with Crippen molar-refractivity contribution in [3.63, 3.8) is 0 Å². The molecular weight excluding hydrogens is 336 g/mol. The topological polar surface area (TPSA) is 103 Å². The van der Waals surface area contributed by atoms with Gasteiger partial charge in [-0.3, -0.25) is 10.8 Å². The van der Waals surface area contributed by atoms with E-state index >= 15 is 0 Å². The van der Waals surface area contributed by atoms with Crippen LogP contribution in [0.15, 0.2) is 59.3 Å². The fourth-order valence-electron chi connectivity index (χ4n) is 2.66. The Labute approximate surface area is 147 Å². The van der Waals surface area contributed by atoms with Crippen LogP contribution in [0.3, 0.4) is 0 Å². The lowest BCUT2D eigenvalue weighted by molar-refractivity contribution is 0.473. The molecule has 8 heteroatoms. The van der Waals surface area contributed by atoms with E-state index < -0.39 is 4.99 Å². The Balaban J connectivity index is 1.66. The van der Waals surface area contributed by atoms with Crippen molar-refractivity contribution in [2.45, 2.75) is 10.7 Å². The molecule has 7 nitrogen and oxygen atoms in total. The van der Waals surface area contributed by atoms with Crippen molar-refractivity contribution in [1.82, 2.24) is 9.66 Å². The summed E-state index contributed by atoms with van der Waals surface area (Å²) < 4.78 is 7.22. The monoisotopic (exact) mass is 350 g/mol. The summed E-state index contributed by atoms with van der Waals surface area (Å²) in [6.07, 6.45) is 3.20. The second kappa shape index (κ2) is 6.03. The quantitative estimate of drug-likeness (QED) is 0.668. The van der Waals surface area contributed by atoms with E-state index in [1.807, 2.05) is 30.3 Å². The van der Waals surface area contributed by atoms with Crippen LogP contribution in [0.5, 0.6) is 0 Å². The third-order valence-corrected chi connectivity index (χ3v) is 5.14. The zero-order valence-electron chi connectivity index (χ0n) is 13.1. The average Bonchev–Trinajstić information content (AvgIpc) is 3.29. The molecular formula is C17H14N6OS. The van der Waals surface area contributed by atoms with Crippen molar-refractivity contribution >= 4 is 17.6 Å². The van der Waals surface area contributed by atoms with Crippen molar-refractivity contribution in [2.24, 2.45) is 0 Å². The summed E-state index contributed by atoms with van der Waals surface area (Å²) in [5, 5.41) is 20.4. The predicted octanol–water partition coefficient (Wildman–Crippen LogP) is 2.54. The number of hydrogen-bond acceptors (Lipinski definition) is 7. The van der Waals surface area contributed by atoms with Crippen molar-refractivity contribution < 1.29 is 4.42 Å². The Morgan fingerprint density at radius 1 is 1.32 bits per heavy atom. The molecule has 0 radical (unpaired) electrons. The molecule has 1 aromatic carbocycles. The van der Waals surface area contributed by atoms with Crippen LogP contribution in [-0.4, -0.2) is 9.66 Å². The van der Waals surface area contributed by atoms with E-state index in [0.717, 1.165) is 11.4 Å². The van der Waals surface area contributed by atoms with Crippen LogP contribution in [0.25, 0.3) is 0 Å². The molecule has 0 bridgehead atoms. The molecule has 124 valence electrons. The molecule has 0 fully saturated rings. The second-order valence-electron chi connectivity index (χ2n) is 5.49. The Kier molecular flexibility index (Phi) is 3.71. The zero-order chi connectivity index (χ0) is 17.3. The normalized spacial score (nSPS) is 18.0. The van der Waals surface area contributed by atoms with Gasteiger partial charge in [0.1, 0.15) is 5.82 Å². The number of nitriles is 1. The fourth-order valence-corrected chi connectivity index (χ4v) is 3.81. The van der Waals surface area contributed by atoms with Gasteiger partial charge in [-0.2, -0.15) is 5.26 Å². The van der Waals surface area contributed by atoms with Gasteiger partial charge in [-0.1, -0.05) is 23.9 Å². The van der Waals surface area contributed by atoms with E-state index in [4.69, 9.17) is 15.1 Å². The van der Waals surface area contributed by atoms with E-state index in [2.05, 4.69) is 21.8 Å². The molecule has 25 heavy (non-hydrogen) atoms. The molecule has 1 aliphatic rings. The molecule has 3 N–H and O–H groups in total. The highest BCUT2D eigenvalue weighted by Gasteiger charge is 2.41. The third kappa shape index (κ3) is 2.75. The lowest BCUT2D eigenvalue weighted by Crippen LogP contribution is -2.39. The summed E-state index contributed by atoms with van der Waals surface area (Å²) in [4.78, 5) is 3.22. The van der Waals surface area contributed by atoms with E-state index in [9.17, 15) is 0 Å². The van der Waals surface area contributed by atoms with Gasteiger partial charge < -0.3 is 9.73 Å². The summed E-state index contributed by atoms with van der Waals surface area (Å²) in [5.74, 6) is 2.07. The molecule has 0 saturated heterocycles. The van der Waals surface area contributed by atoms with Crippen LogP contribution in [0.2, 0.25) is 0 Å². The Morgan fingerprint density at radius 2 is 2.24 bits per heavy atom. The van der Waals surface area contributed by atoms with Crippen LogP contribution in [0.4, 0.5) is 5.82 Å². The Hall–Kier alpha value is -3.18. The van der Waals surface area contributed by atoms with Gasteiger partial charge >= 0.3 is 0 Å². The number of benzene rings is 1. The van der Waals surface area contributed by atoms with Crippen LogP contribution in [0.1, 0.15) is 16.9 Å². The maximum atomic E-state index is 9.06. The highest BCUT2D eigenvalue weighted by Crippen LogP contribution is 2.41. The molecule has 1 unspecified atom stereocenters. The van der Waals surface area contributed by atoms with Gasteiger partial charge in [0.25, 0.3) is 0 Å². The first-order valence-electron chi connectivity index (χ1n) is 7.56. The van der Waals surface area contributed by atoms with Gasteiger partial charge in [0.2, 0.25) is 10.6 Å². The number of furan rings is 1. The number of nitrogens with zero attached hydrogens (tertiary/aromatic N) is 3. The van der Waals surface area contributed by atoms with Gasteiger partial charge in [0.05, 0.1) is 17.9 Å². The van der Waals surface area contributed by atoms with Gasteiger partial charge in [0.15, 0.2) is 5.76 Å².